The van der Waals surface area contributed by atoms with E-state index in [0.29, 0.717) is 53.8 Å². The Bertz CT molecular complexity index is 1470. The third kappa shape index (κ3) is 5.38. The molecule has 0 saturated carbocycles. The first kappa shape index (κ1) is 25.4. The van der Waals surface area contributed by atoms with E-state index >= 15 is 0 Å². The lowest BCUT2D eigenvalue weighted by Gasteiger charge is -2.27. The fraction of sp³-hybridized carbons (Fsp3) is 0.286. The molecule has 0 N–H and O–H groups in total. The molecule has 7 nitrogen and oxygen atoms in total. The Hall–Kier alpha value is -4.23. The molecule has 3 heterocycles. The van der Waals surface area contributed by atoms with Crippen molar-refractivity contribution in [1.29, 1.82) is 5.26 Å². The van der Waals surface area contributed by atoms with Crippen LogP contribution >= 0.6 is 0 Å². The maximum atomic E-state index is 13.8. The van der Waals surface area contributed by atoms with Gasteiger partial charge in [-0.25, -0.2) is 9.97 Å². The predicted octanol–water partition coefficient (Wildman–Crippen LogP) is 5.75. The number of hydrogen-bond donors (Lipinski definition) is 0. The van der Waals surface area contributed by atoms with Crippen LogP contribution in [-0.2, 0) is 10.9 Å². The second-order valence-corrected chi connectivity index (χ2v) is 9.18. The Morgan fingerprint density at radius 3 is 2.42 bits per heavy atom. The maximum absolute atomic E-state index is 13.8. The standard InChI is InChI=1S/C28H24F3N5O2/c29-28(30,31)22-5-3-21(4-6-22)25-16-34-26-17-33-24(18-36(25)26)27(37)35(12-9-19-10-13-38-14-11-19)23-7-1-20(15-32)2-8-23/h1-8,16-19H,9-14H2. The van der Waals surface area contributed by atoms with Gasteiger partial charge in [0.1, 0.15) is 5.69 Å². The number of benzene rings is 2. The van der Waals surface area contributed by atoms with E-state index in [4.69, 9.17) is 10.00 Å². The van der Waals surface area contributed by atoms with E-state index in [9.17, 15) is 18.0 Å². The van der Waals surface area contributed by atoms with Gasteiger partial charge in [-0.05, 0) is 61.6 Å². The highest BCUT2D eigenvalue weighted by atomic mass is 19.4. The summed E-state index contributed by atoms with van der Waals surface area (Å²) in [6.45, 7) is 1.88. The highest BCUT2D eigenvalue weighted by Gasteiger charge is 2.30. The monoisotopic (exact) mass is 519 g/mol. The lowest BCUT2D eigenvalue weighted by Crippen LogP contribution is -2.34. The quantitative estimate of drug-likeness (QED) is 0.324. The number of aromatic nitrogens is 3. The molecule has 0 spiro atoms. The van der Waals surface area contributed by atoms with Crippen LogP contribution < -0.4 is 4.90 Å². The minimum absolute atomic E-state index is 0.167. The molecule has 0 unspecified atom stereocenters. The molecule has 0 radical (unpaired) electrons. The van der Waals surface area contributed by atoms with Crippen molar-refractivity contribution in [3.63, 3.8) is 0 Å². The summed E-state index contributed by atoms with van der Waals surface area (Å²) in [6, 6.07) is 13.7. The SMILES string of the molecule is N#Cc1ccc(N(CCC2CCOCC2)C(=O)c2cn3c(-c4ccc(C(F)(F)F)cc4)cnc3cn2)cc1. The minimum atomic E-state index is -4.43. The highest BCUT2D eigenvalue weighted by Crippen LogP contribution is 2.31. The molecule has 1 amide bonds. The first-order chi connectivity index (χ1) is 18.3. The number of halogens is 3. The van der Waals surface area contributed by atoms with Crippen molar-refractivity contribution >= 4 is 17.2 Å². The molecule has 38 heavy (non-hydrogen) atoms. The van der Waals surface area contributed by atoms with Crippen molar-refractivity contribution in [3.05, 3.63) is 83.9 Å². The Kier molecular flexibility index (Phi) is 7.11. The van der Waals surface area contributed by atoms with E-state index in [1.807, 2.05) is 0 Å². The number of hydrogen-bond acceptors (Lipinski definition) is 5. The van der Waals surface area contributed by atoms with Crippen LogP contribution in [-0.4, -0.2) is 40.0 Å². The number of carbonyl (C=O) groups is 1. The van der Waals surface area contributed by atoms with Gasteiger partial charge in [0.15, 0.2) is 5.65 Å². The van der Waals surface area contributed by atoms with Crippen molar-refractivity contribution in [1.82, 2.24) is 14.4 Å². The van der Waals surface area contributed by atoms with Crippen LogP contribution in [0.2, 0.25) is 0 Å². The minimum Gasteiger partial charge on any atom is -0.381 e. The molecule has 5 rings (SSSR count). The molecule has 0 atom stereocenters. The first-order valence-electron chi connectivity index (χ1n) is 12.2. The number of rotatable bonds is 6. The largest absolute Gasteiger partial charge is 0.416 e. The number of amides is 1. The zero-order valence-electron chi connectivity index (χ0n) is 20.4. The normalized spacial score (nSPS) is 14.4. The van der Waals surface area contributed by atoms with E-state index in [2.05, 4.69) is 16.0 Å². The third-order valence-electron chi connectivity index (χ3n) is 6.78. The molecule has 1 fully saturated rings. The second kappa shape index (κ2) is 10.6. The molecule has 1 aliphatic rings. The fourth-order valence-electron chi connectivity index (χ4n) is 4.59. The van der Waals surface area contributed by atoms with Crippen molar-refractivity contribution in [2.24, 2.45) is 5.92 Å². The maximum Gasteiger partial charge on any atom is 0.416 e. The summed E-state index contributed by atoms with van der Waals surface area (Å²) in [5, 5.41) is 9.17. The summed E-state index contributed by atoms with van der Waals surface area (Å²) in [4.78, 5) is 24.0. The topological polar surface area (TPSA) is 83.5 Å². The molecule has 10 heteroatoms. The van der Waals surface area contributed by atoms with Gasteiger partial charge in [0.2, 0.25) is 0 Å². The average Bonchev–Trinajstić information content (AvgIpc) is 3.37. The van der Waals surface area contributed by atoms with Gasteiger partial charge in [-0.2, -0.15) is 18.4 Å². The van der Waals surface area contributed by atoms with Crippen LogP contribution in [0.5, 0.6) is 0 Å². The second-order valence-electron chi connectivity index (χ2n) is 9.18. The van der Waals surface area contributed by atoms with Crippen LogP contribution in [0, 0.1) is 17.2 Å². The number of carbonyl (C=O) groups excluding carboxylic acids is 1. The van der Waals surface area contributed by atoms with Crippen LogP contribution in [0.1, 0.15) is 40.9 Å². The van der Waals surface area contributed by atoms with Crippen molar-refractivity contribution in [3.8, 4) is 17.3 Å². The van der Waals surface area contributed by atoms with Gasteiger partial charge in [0.25, 0.3) is 5.91 Å². The first-order valence-corrected chi connectivity index (χ1v) is 12.2. The zero-order chi connectivity index (χ0) is 26.7. The molecule has 194 valence electrons. The number of fused-ring (bicyclic) bond motifs is 1. The van der Waals surface area contributed by atoms with E-state index in [1.54, 1.807) is 39.8 Å². The Labute approximate surface area is 217 Å². The number of anilines is 1. The van der Waals surface area contributed by atoms with Crippen molar-refractivity contribution in [2.75, 3.05) is 24.7 Å². The molecule has 0 bridgehead atoms. The highest BCUT2D eigenvalue weighted by molar-refractivity contribution is 6.04. The molecule has 2 aromatic heterocycles. The molecule has 2 aromatic carbocycles. The van der Waals surface area contributed by atoms with Crippen LogP contribution in [0.15, 0.2) is 67.1 Å². The number of nitriles is 1. The van der Waals surface area contributed by atoms with Crippen molar-refractivity contribution in [2.45, 2.75) is 25.4 Å². The van der Waals surface area contributed by atoms with Gasteiger partial charge in [-0.3, -0.25) is 9.20 Å². The Morgan fingerprint density at radius 1 is 1.05 bits per heavy atom. The number of nitrogens with zero attached hydrogens (tertiary/aromatic N) is 5. The summed E-state index contributed by atoms with van der Waals surface area (Å²) in [6.07, 6.45) is 2.80. The van der Waals surface area contributed by atoms with Crippen LogP contribution in [0.25, 0.3) is 16.9 Å². The summed E-state index contributed by atoms with van der Waals surface area (Å²) in [5.74, 6) is 0.114. The fourth-order valence-corrected chi connectivity index (χ4v) is 4.59. The molecule has 4 aromatic rings. The molecular weight excluding hydrogens is 495 g/mol. The van der Waals surface area contributed by atoms with Gasteiger partial charge >= 0.3 is 6.18 Å². The summed E-state index contributed by atoms with van der Waals surface area (Å²) < 4.78 is 46.1. The van der Waals surface area contributed by atoms with Crippen LogP contribution in [0.4, 0.5) is 18.9 Å². The lowest BCUT2D eigenvalue weighted by atomic mass is 9.96. The van der Waals surface area contributed by atoms with Crippen molar-refractivity contribution < 1.29 is 22.7 Å². The summed E-state index contributed by atoms with van der Waals surface area (Å²) in [5.41, 5.74) is 2.09. The van der Waals surface area contributed by atoms with E-state index in [0.717, 1.165) is 31.4 Å². The van der Waals surface area contributed by atoms with Gasteiger partial charge in [0.05, 0.1) is 35.3 Å². The number of imidazole rings is 1. The number of alkyl halides is 3. The van der Waals surface area contributed by atoms with E-state index in [1.165, 1.54) is 24.5 Å². The zero-order valence-corrected chi connectivity index (χ0v) is 20.4. The molecule has 1 saturated heterocycles. The summed E-state index contributed by atoms with van der Waals surface area (Å²) in [7, 11) is 0. The molecular formula is C28H24F3N5O2. The van der Waals surface area contributed by atoms with Gasteiger partial charge < -0.3 is 9.64 Å². The predicted molar refractivity (Wildman–Crippen MR) is 134 cm³/mol. The lowest BCUT2D eigenvalue weighted by molar-refractivity contribution is -0.137. The number of ether oxygens (including phenoxy) is 1. The van der Waals surface area contributed by atoms with Gasteiger partial charge in [-0.15, -0.1) is 0 Å². The average molecular weight is 520 g/mol. The van der Waals surface area contributed by atoms with E-state index in [-0.39, 0.29) is 11.6 Å². The third-order valence-corrected chi connectivity index (χ3v) is 6.78. The van der Waals surface area contributed by atoms with Gasteiger partial charge in [0, 0.05) is 37.2 Å². The van der Waals surface area contributed by atoms with Crippen LogP contribution in [0.3, 0.4) is 0 Å². The summed E-state index contributed by atoms with van der Waals surface area (Å²) >= 11 is 0. The van der Waals surface area contributed by atoms with Gasteiger partial charge in [-0.1, -0.05) is 12.1 Å². The Balaban J connectivity index is 1.46. The molecule has 1 aliphatic heterocycles. The molecule has 0 aliphatic carbocycles. The van der Waals surface area contributed by atoms with E-state index < -0.39 is 11.7 Å². The Morgan fingerprint density at radius 2 is 1.76 bits per heavy atom. The smallest absolute Gasteiger partial charge is 0.381 e.